The molecule has 1 fully saturated rings. The highest BCUT2D eigenvalue weighted by atomic mass is 32.2. The van der Waals surface area contributed by atoms with Crippen molar-refractivity contribution in [3.63, 3.8) is 0 Å². The average molecular weight is 583 g/mol. The van der Waals surface area contributed by atoms with Crippen LogP contribution >= 0.6 is 0 Å². The van der Waals surface area contributed by atoms with Crippen molar-refractivity contribution in [2.45, 2.75) is 38.5 Å². The lowest BCUT2D eigenvalue weighted by Gasteiger charge is -2.34. The monoisotopic (exact) mass is 582 g/mol. The molecular weight excluding hydrogens is 550 g/mol. The van der Waals surface area contributed by atoms with Gasteiger partial charge in [-0.15, -0.1) is 0 Å². The third-order valence-electron chi connectivity index (χ3n) is 6.82. The van der Waals surface area contributed by atoms with Gasteiger partial charge in [-0.3, -0.25) is 9.52 Å². The minimum Gasteiger partial charge on any atom is -0.495 e. The van der Waals surface area contributed by atoms with E-state index in [9.17, 15) is 30.8 Å². The molecule has 0 bridgehead atoms. The van der Waals surface area contributed by atoms with E-state index in [-0.39, 0.29) is 54.9 Å². The molecule has 2 aromatic rings. The molecule has 216 valence electrons. The van der Waals surface area contributed by atoms with Crippen LogP contribution in [0.1, 0.15) is 43.5 Å². The molecule has 1 atom stereocenters. The summed E-state index contributed by atoms with van der Waals surface area (Å²) in [4.78, 5) is 15.3. The number of hydrogen-bond acceptors (Lipinski definition) is 5. The first kappa shape index (κ1) is 28.0. The van der Waals surface area contributed by atoms with Gasteiger partial charge < -0.3 is 15.0 Å². The summed E-state index contributed by atoms with van der Waals surface area (Å²) < 4.78 is 94.2. The predicted octanol–water partition coefficient (Wildman–Crippen LogP) is 6.17. The van der Waals surface area contributed by atoms with Crippen molar-refractivity contribution >= 4 is 38.6 Å². The van der Waals surface area contributed by atoms with Crippen molar-refractivity contribution in [3.8, 4) is 5.75 Å². The Balaban J connectivity index is 1.66. The molecule has 0 saturated carbocycles. The van der Waals surface area contributed by atoms with Gasteiger partial charge in [-0.25, -0.2) is 26.0 Å². The zero-order chi connectivity index (χ0) is 30.0. The van der Waals surface area contributed by atoms with Crippen molar-refractivity contribution in [1.29, 1.82) is 0 Å². The van der Waals surface area contributed by atoms with E-state index in [2.05, 4.69) is 10.0 Å². The van der Waals surface area contributed by atoms with Crippen LogP contribution in [0.15, 0.2) is 54.6 Å². The highest BCUT2D eigenvalue weighted by Crippen LogP contribution is 2.37. The number of hydrogen-bond donors (Lipinski definition) is 2. The van der Waals surface area contributed by atoms with Gasteiger partial charge in [-0.05, 0) is 60.9 Å². The number of alkyl halides is 4. The van der Waals surface area contributed by atoms with Gasteiger partial charge in [0.1, 0.15) is 5.75 Å². The number of halogens is 4. The number of carbonyl (C=O) groups excluding carboxylic acids is 1. The predicted molar refractivity (Wildman–Crippen MR) is 148 cm³/mol. The molecule has 4 rings (SSSR count). The summed E-state index contributed by atoms with van der Waals surface area (Å²) in [6, 6.07) is 9.11. The van der Waals surface area contributed by atoms with E-state index in [0.29, 0.717) is 22.7 Å². The fourth-order valence-electron chi connectivity index (χ4n) is 4.51. The third-order valence-corrected chi connectivity index (χ3v) is 8.12. The lowest BCUT2D eigenvalue weighted by atomic mass is 9.90. The minimum absolute atomic E-state index is 0.108. The zero-order valence-electron chi connectivity index (χ0n) is 23.0. The second-order valence-electron chi connectivity index (χ2n) is 9.52. The largest absolute Gasteiger partial charge is 0.495 e. The van der Waals surface area contributed by atoms with E-state index in [1.54, 1.807) is 23.1 Å². The highest BCUT2D eigenvalue weighted by Gasteiger charge is 2.35. The Kier molecular flexibility index (Phi) is 8.34. The molecule has 0 aromatic heterocycles. The number of rotatable bonds is 9. The Labute approximate surface area is 232 Å². The smallest absolute Gasteiger partial charge is 0.256 e. The maximum absolute atomic E-state index is 13.7. The quantitative estimate of drug-likeness (QED) is 0.346. The van der Waals surface area contributed by atoms with Crippen molar-refractivity contribution < 1.29 is 36.9 Å². The number of benzene rings is 2. The summed E-state index contributed by atoms with van der Waals surface area (Å²) in [5.74, 6) is -5.14. The Morgan fingerprint density at radius 1 is 1.18 bits per heavy atom. The maximum Gasteiger partial charge on any atom is 0.256 e. The van der Waals surface area contributed by atoms with Crippen LogP contribution in [0.3, 0.4) is 0 Å². The van der Waals surface area contributed by atoms with Crippen molar-refractivity contribution in [1.82, 2.24) is 0 Å². The van der Waals surface area contributed by atoms with Gasteiger partial charge >= 0.3 is 0 Å². The van der Waals surface area contributed by atoms with E-state index in [4.69, 9.17) is 6.11 Å². The molecule has 2 N–H and O–H groups in total. The van der Waals surface area contributed by atoms with Gasteiger partial charge in [0.25, 0.3) is 11.8 Å². The molecule has 1 amide bonds. The highest BCUT2D eigenvalue weighted by molar-refractivity contribution is 7.92. The molecule has 0 radical (unpaired) electrons. The molecule has 1 saturated heterocycles. The first-order valence-corrected chi connectivity index (χ1v) is 14.4. The number of allylic oxidation sites excluding steroid dienone is 4. The number of sulfonamides is 1. The topological polar surface area (TPSA) is 87.7 Å². The third kappa shape index (κ3) is 6.96. The van der Waals surface area contributed by atoms with Gasteiger partial charge in [0.05, 0.1) is 18.6 Å². The van der Waals surface area contributed by atoms with E-state index in [0.717, 1.165) is 6.08 Å². The molecule has 7 nitrogen and oxygen atoms in total. The zero-order valence-corrected chi connectivity index (χ0v) is 22.8. The summed E-state index contributed by atoms with van der Waals surface area (Å²) in [6.45, 7) is 1.68. The second kappa shape index (κ2) is 11.9. The maximum atomic E-state index is 13.7. The summed E-state index contributed by atoms with van der Waals surface area (Å²) >= 11 is 0. The fraction of sp³-hybridized carbons (Fsp3) is 0.393. The Morgan fingerprint density at radius 3 is 2.48 bits per heavy atom. The molecule has 1 unspecified atom stereocenters. The van der Waals surface area contributed by atoms with Crippen molar-refractivity contribution in [2.24, 2.45) is 5.89 Å². The standard InChI is InChI=1S/C28H31F4N3O4S/c1-3-40(37,38)34-21-8-10-22(23(16-21)18-4-6-19(7-5-18)26(29)30)27(36)33-20-9-11-25(39-2)24(17-20)35-14-12-28(31,32)13-15-35/h4-6,8-11,16-17,19,26,34H,3,7,12-15H2,1-2H3,(H,33,36)/i19D. The number of nitrogens with one attached hydrogen (secondary N) is 2. The van der Waals surface area contributed by atoms with Crippen LogP contribution in [0, 0.1) is 5.89 Å². The van der Waals surface area contributed by atoms with Crippen molar-refractivity contribution in [3.05, 3.63) is 65.8 Å². The Hall–Kier alpha value is -3.54. The first-order valence-electron chi connectivity index (χ1n) is 13.2. The lowest BCUT2D eigenvalue weighted by Crippen LogP contribution is -2.39. The van der Waals surface area contributed by atoms with Crippen molar-refractivity contribution in [2.75, 3.05) is 40.9 Å². The van der Waals surface area contributed by atoms with E-state index < -0.39 is 34.2 Å². The van der Waals surface area contributed by atoms with Gasteiger partial charge in [0.15, 0.2) is 0 Å². The molecule has 0 spiro atoms. The summed E-state index contributed by atoms with van der Waals surface area (Å²) in [5.41, 5.74) is 1.87. The number of anilines is 3. The van der Waals surface area contributed by atoms with Gasteiger partial charge in [0.2, 0.25) is 16.4 Å². The number of ether oxygens (including phenoxy) is 1. The van der Waals surface area contributed by atoms with Crippen LogP contribution in [0.4, 0.5) is 34.6 Å². The second-order valence-corrected chi connectivity index (χ2v) is 11.5. The number of carbonyl (C=O) groups is 1. The van der Waals surface area contributed by atoms with Crippen LogP contribution in [-0.2, 0) is 10.0 Å². The Bertz CT molecular complexity index is 1470. The molecule has 1 aliphatic heterocycles. The van der Waals surface area contributed by atoms with Crippen LogP contribution in [0.5, 0.6) is 5.75 Å². The average Bonchev–Trinajstić information content (AvgIpc) is 2.93. The summed E-state index contributed by atoms with van der Waals surface area (Å²) in [5, 5.41) is 2.78. The Morgan fingerprint density at radius 2 is 1.88 bits per heavy atom. The summed E-state index contributed by atoms with van der Waals surface area (Å²) in [6.07, 6.45) is -0.0339. The van der Waals surface area contributed by atoms with Gasteiger partial charge in [-0.1, -0.05) is 18.2 Å². The van der Waals surface area contributed by atoms with E-state index >= 15 is 0 Å². The minimum atomic E-state index is -3.64. The number of methoxy groups -OCH3 is 1. The van der Waals surface area contributed by atoms with E-state index in [1.807, 2.05) is 0 Å². The molecule has 2 aliphatic rings. The molecular formula is C28H31F4N3O4S. The summed E-state index contributed by atoms with van der Waals surface area (Å²) in [7, 11) is -2.18. The molecule has 2 aromatic carbocycles. The normalized spacial score (nSPS) is 21.0. The van der Waals surface area contributed by atoms with Gasteiger partial charge in [-0.2, -0.15) is 0 Å². The SMILES string of the molecule is [2H]C1(C(F)F)C=CC(c2cc(NS(=O)(=O)CC)ccc2C(=O)Nc2ccc(OC)c(N3CCC(F)(F)CC3)c2)=CC1. The molecule has 1 heterocycles. The van der Waals surface area contributed by atoms with Crippen LogP contribution in [-0.4, -0.2) is 52.6 Å². The fourth-order valence-corrected chi connectivity index (χ4v) is 5.14. The molecule has 12 heteroatoms. The molecule has 1 aliphatic carbocycles. The lowest BCUT2D eigenvalue weighted by molar-refractivity contribution is -0.0221. The number of piperidine rings is 1. The van der Waals surface area contributed by atoms with E-state index in [1.165, 1.54) is 44.4 Å². The van der Waals surface area contributed by atoms with Gasteiger partial charge in [0, 0.05) is 50.1 Å². The van der Waals surface area contributed by atoms with Crippen LogP contribution in [0.2, 0.25) is 0 Å². The number of nitrogens with zero attached hydrogens (tertiary/aromatic N) is 1. The molecule has 40 heavy (non-hydrogen) atoms. The van der Waals surface area contributed by atoms with Crippen LogP contribution in [0.25, 0.3) is 5.57 Å². The number of amides is 1. The van der Waals surface area contributed by atoms with Crippen LogP contribution < -0.4 is 19.7 Å². The first-order chi connectivity index (χ1) is 19.3.